The van der Waals surface area contributed by atoms with Crippen LogP contribution in [0.25, 0.3) is 0 Å². The summed E-state index contributed by atoms with van der Waals surface area (Å²) in [5, 5.41) is 31.7. The summed E-state index contributed by atoms with van der Waals surface area (Å²) in [5.74, 6) is -2.99. The zero-order valence-electron chi connectivity index (χ0n) is 18.9. The van der Waals surface area contributed by atoms with E-state index >= 15 is 0 Å². The molecule has 0 saturated carbocycles. The molecule has 0 spiro atoms. The molecule has 3 N–H and O–H groups in total. The fourth-order valence-corrected chi connectivity index (χ4v) is 4.40. The van der Waals surface area contributed by atoms with Crippen LogP contribution in [-0.2, 0) is 9.47 Å². The Hall–Kier alpha value is -3.34. The van der Waals surface area contributed by atoms with Crippen LogP contribution >= 0.6 is 12.6 Å². The van der Waals surface area contributed by atoms with Gasteiger partial charge in [0.1, 0.15) is 29.9 Å². The van der Waals surface area contributed by atoms with Gasteiger partial charge in [-0.25, -0.2) is 4.79 Å². The van der Waals surface area contributed by atoms with Crippen LogP contribution in [0.15, 0.2) is 91.0 Å². The lowest BCUT2D eigenvalue weighted by molar-refractivity contribution is -0.225. The number of hydrogen-bond donors (Lipinski definition) is 4. The van der Waals surface area contributed by atoms with Gasteiger partial charge in [0.15, 0.2) is 0 Å². The number of carbonyl (C=O) groups excluding carboxylic acids is 3. The zero-order valence-corrected chi connectivity index (χ0v) is 19.8. The molecule has 1 fully saturated rings. The number of carbonyl (C=O) groups is 3. The topological polar surface area (TPSA) is 130 Å². The lowest BCUT2D eigenvalue weighted by atomic mass is 9.76. The zero-order chi connectivity index (χ0) is 25.9. The Labute approximate surface area is 212 Å². The molecule has 1 saturated heterocycles. The number of thiol groups is 1. The Kier molecular flexibility index (Phi) is 7.67. The van der Waals surface area contributed by atoms with E-state index in [1.54, 1.807) is 54.6 Å². The van der Waals surface area contributed by atoms with E-state index in [0.717, 1.165) is 0 Å². The Morgan fingerprint density at radius 2 is 1.08 bits per heavy atom. The first kappa shape index (κ1) is 25.7. The summed E-state index contributed by atoms with van der Waals surface area (Å²) in [6.45, 7) is 0. The monoisotopic (exact) mass is 508 g/mol. The van der Waals surface area contributed by atoms with E-state index in [0.29, 0.717) is 0 Å². The minimum absolute atomic E-state index is 0.00484. The Bertz CT molecular complexity index is 1170. The Balaban J connectivity index is 1.95. The molecule has 5 atom stereocenters. The largest absolute Gasteiger partial charge is 0.435 e. The Morgan fingerprint density at radius 1 is 0.667 bits per heavy atom. The molecule has 1 heterocycles. The third-order valence-corrected chi connectivity index (χ3v) is 6.43. The Morgan fingerprint density at radius 3 is 1.53 bits per heavy atom. The molecule has 0 unspecified atom stereocenters. The molecule has 4 rings (SSSR count). The number of aliphatic hydroxyl groups is 3. The summed E-state index contributed by atoms with van der Waals surface area (Å²) >= 11 is 4.11. The van der Waals surface area contributed by atoms with Crippen molar-refractivity contribution < 1.29 is 39.2 Å². The summed E-state index contributed by atoms with van der Waals surface area (Å²) in [7, 11) is 0. The highest BCUT2D eigenvalue weighted by molar-refractivity contribution is 7.80. The quantitative estimate of drug-likeness (QED) is 0.165. The lowest BCUT2D eigenvalue weighted by Gasteiger charge is -2.46. The lowest BCUT2D eigenvalue weighted by Crippen LogP contribution is -2.69. The van der Waals surface area contributed by atoms with Gasteiger partial charge in [0.05, 0.1) is 5.56 Å². The third-order valence-electron chi connectivity index (χ3n) is 6.00. The second kappa shape index (κ2) is 10.7. The van der Waals surface area contributed by atoms with Gasteiger partial charge in [-0.05, 0) is 12.1 Å². The average molecular weight is 509 g/mol. The molecule has 186 valence electrons. The van der Waals surface area contributed by atoms with Crippen LogP contribution in [0.1, 0.15) is 31.1 Å². The molecule has 0 radical (unpaired) electrons. The number of aliphatic hydroxyl groups excluding tert-OH is 3. The van der Waals surface area contributed by atoms with Gasteiger partial charge in [0, 0.05) is 11.1 Å². The molecule has 0 aromatic heterocycles. The molecule has 0 aliphatic carbocycles. The maximum absolute atomic E-state index is 14.1. The first-order valence-corrected chi connectivity index (χ1v) is 11.6. The van der Waals surface area contributed by atoms with Crippen LogP contribution < -0.4 is 0 Å². The van der Waals surface area contributed by atoms with Gasteiger partial charge in [-0.15, -0.1) is 12.6 Å². The van der Waals surface area contributed by atoms with Crippen molar-refractivity contribution in [2.45, 2.75) is 35.5 Å². The fraction of sp³-hybridized carbons (Fsp3) is 0.222. The number of rotatable bonds is 7. The third kappa shape index (κ3) is 4.71. The van der Waals surface area contributed by atoms with E-state index in [1.807, 2.05) is 0 Å². The highest BCUT2D eigenvalue weighted by Crippen LogP contribution is 2.37. The summed E-state index contributed by atoms with van der Waals surface area (Å²) in [5.41, 5.74) is -4.16. The second-order valence-electron chi connectivity index (χ2n) is 8.30. The van der Waals surface area contributed by atoms with Crippen molar-refractivity contribution in [1.29, 1.82) is 0 Å². The second-order valence-corrected chi connectivity index (χ2v) is 8.81. The fourth-order valence-electron chi connectivity index (χ4n) is 4.10. The molecule has 3 aromatic rings. The molecule has 0 bridgehead atoms. The summed E-state index contributed by atoms with van der Waals surface area (Å²) in [4.78, 5) is 41.6. The maximum atomic E-state index is 14.1. The number of hydrogen-bond acceptors (Lipinski definition) is 9. The molecule has 0 amide bonds. The van der Waals surface area contributed by atoms with Crippen LogP contribution in [0.2, 0.25) is 0 Å². The van der Waals surface area contributed by atoms with Crippen LogP contribution in [0.5, 0.6) is 0 Å². The number of ketones is 2. The molecule has 1 aliphatic heterocycles. The van der Waals surface area contributed by atoms with Crippen molar-refractivity contribution in [3.05, 3.63) is 108 Å². The van der Waals surface area contributed by atoms with Crippen LogP contribution in [0, 0.1) is 0 Å². The van der Waals surface area contributed by atoms with E-state index in [-0.39, 0.29) is 16.7 Å². The number of Topliss-reactive ketones (excluding diaryl/α,β-unsaturated/α-hetero) is 2. The van der Waals surface area contributed by atoms with E-state index in [1.165, 1.54) is 36.4 Å². The van der Waals surface area contributed by atoms with Gasteiger partial charge >= 0.3 is 5.97 Å². The minimum atomic E-state index is -2.78. The average Bonchev–Trinajstić information content (AvgIpc) is 2.93. The van der Waals surface area contributed by atoms with Gasteiger partial charge in [-0.3, -0.25) is 9.59 Å². The number of benzene rings is 3. The standard InChI is InChI=1S/C27H24O8S/c28-19-20(29)24(34-26(36)21(19)30)27(22(31)16-10-4-1-5-11-16,23(32)17-12-6-2-7-13-17)35-25(33)18-14-8-3-9-15-18/h1-15,19-21,24,26,28-30,36H/t19-,20+,21+,24-,26-/m0/s1. The molecule has 8 nitrogen and oxygen atoms in total. The van der Waals surface area contributed by atoms with E-state index < -0.39 is 53.0 Å². The van der Waals surface area contributed by atoms with Crippen LogP contribution in [0.4, 0.5) is 0 Å². The highest BCUT2D eigenvalue weighted by atomic mass is 32.1. The predicted molar refractivity (Wildman–Crippen MR) is 132 cm³/mol. The van der Waals surface area contributed by atoms with E-state index in [2.05, 4.69) is 12.6 Å². The van der Waals surface area contributed by atoms with Gasteiger partial charge < -0.3 is 24.8 Å². The van der Waals surface area contributed by atoms with Gasteiger partial charge in [0.25, 0.3) is 5.60 Å². The van der Waals surface area contributed by atoms with Crippen molar-refractivity contribution in [3.8, 4) is 0 Å². The SMILES string of the molecule is O=C(OC(C(=O)c1ccccc1)(C(=O)c1ccccc1)[C@H]1O[C@@H](S)[C@H](O)[C@@H](O)[C@H]1O)c1ccccc1. The predicted octanol–water partition coefficient (Wildman–Crippen LogP) is 2.09. The van der Waals surface area contributed by atoms with E-state index in [4.69, 9.17) is 9.47 Å². The minimum Gasteiger partial charge on any atom is -0.435 e. The number of ether oxygens (including phenoxy) is 2. The van der Waals surface area contributed by atoms with Crippen LogP contribution in [0.3, 0.4) is 0 Å². The van der Waals surface area contributed by atoms with Crippen molar-refractivity contribution in [1.82, 2.24) is 0 Å². The molecular weight excluding hydrogens is 484 g/mol. The van der Waals surface area contributed by atoms with Crippen molar-refractivity contribution in [3.63, 3.8) is 0 Å². The highest BCUT2D eigenvalue weighted by Gasteiger charge is 2.63. The van der Waals surface area contributed by atoms with Crippen molar-refractivity contribution >= 4 is 30.2 Å². The van der Waals surface area contributed by atoms with Gasteiger partial charge in [-0.2, -0.15) is 0 Å². The van der Waals surface area contributed by atoms with Gasteiger partial charge in [0.2, 0.25) is 11.6 Å². The summed E-state index contributed by atoms with van der Waals surface area (Å²) < 4.78 is 11.4. The first-order valence-electron chi connectivity index (χ1n) is 11.1. The van der Waals surface area contributed by atoms with E-state index in [9.17, 15) is 29.7 Å². The van der Waals surface area contributed by atoms with Gasteiger partial charge in [-0.1, -0.05) is 78.9 Å². The number of esters is 1. The summed E-state index contributed by atoms with van der Waals surface area (Å²) in [6, 6.07) is 22.9. The maximum Gasteiger partial charge on any atom is 0.339 e. The van der Waals surface area contributed by atoms with Crippen molar-refractivity contribution in [2.75, 3.05) is 0 Å². The van der Waals surface area contributed by atoms with Crippen molar-refractivity contribution in [2.24, 2.45) is 0 Å². The molecule has 3 aromatic carbocycles. The molecule has 1 aliphatic rings. The molecular formula is C27H24O8S. The van der Waals surface area contributed by atoms with Crippen LogP contribution in [-0.4, -0.2) is 68.3 Å². The summed E-state index contributed by atoms with van der Waals surface area (Å²) in [6.07, 6.45) is -7.40. The first-order chi connectivity index (χ1) is 17.3. The molecule has 36 heavy (non-hydrogen) atoms. The normalized spacial score (nSPS) is 24.1. The smallest absolute Gasteiger partial charge is 0.339 e. The molecule has 9 heteroatoms.